The number of aliphatic hydroxyl groups is 1. The van der Waals surface area contributed by atoms with Crippen molar-refractivity contribution in [3.63, 3.8) is 0 Å². The molecule has 0 atom stereocenters. The lowest BCUT2D eigenvalue weighted by Gasteiger charge is -2.01. The van der Waals surface area contributed by atoms with Crippen molar-refractivity contribution in [3.8, 4) is 0 Å². The van der Waals surface area contributed by atoms with E-state index in [9.17, 15) is 0 Å². The van der Waals surface area contributed by atoms with Gasteiger partial charge in [0.2, 0.25) is 0 Å². The maximum Gasteiger partial charge on any atom is 0.117 e. The van der Waals surface area contributed by atoms with Gasteiger partial charge in [-0.3, -0.25) is 4.99 Å². The minimum absolute atomic E-state index is 0.0520. The van der Waals surface area contributed by atoms with Crippen LogP contribution in [0.15, 0.2) is 35.8 Å². The second kappa shape index (κ2) is 3.72. The molecule has 2 nitrogen and oxygen atoms in total. The third-order valence-corrected chi connectivity index (χ3v) is 1.48. The van der Waals surface area contributed by atoms with Crippen molar-refractivity contribution in [2.24, 2.45) is 4.99 Å². The van der Waals surface area contributed by atoms with Crippen molar-refractivity contribution in [1.29, 1.82) is 0 Å². The molecule has 2 heteroatoms. The summed E-state index contributed by atoms with van der Waals surface area (Å²) in [7, 11) is 0. The summed E-state index contributed by atoms with van der Waals surface area (Å²) in [6.07, 6.45) is 1.68. The lowest BCUT2D eigenvalue weighted by atomic mass is 10.1. The fourth-order valence-corrected chi connectivity index (χ4v) is 0.969. The predicted octanol–water partition coefficient (Wildman–Crippen LogP) is 2.94. The molecule has 0 aliphatic carbocycles. The van der Waals surface area contributed by atoms with Crippen LogP contribution in [0.5, 0.6) is 0 Å². The molecule has 1 aromatic rings. The van der Waals surface area contributed by atoms with Gasteiger partial charge < -0.3 is 5.11 Å². The van der Waals surface area contributed by atoms with Crippen LogP contribution in [0, 0.1) is 0 Å². The van der Waals surface area contributed by atoms with E-state index in [0.717, 1.165) is 5.69 Å². The van der Waals surface area contributed by atoms with E-state index >= 15 is 0 Å². The molecule has 0 saturated heterocycles. The normalized spacial score (nSPS) is 10.4. The van der Waals surface area contributed by atoms with E-state index in [-0.39, 0.29) is 5.76 Å². The van der Waals surface area contributed by atoms with Crippen LogP contribution >= 0.6 is 0 Å². The van der Waals surface area contributed by atoms with Gasteiger partial charge in [-0.1, -0.05) is 18.7 Å². The molecule has 0 heterocycles. The highest BCUT2D eigenvalue weighted by atomic mass is 16.3. The zero-order chi connectivity index (χ0) is 8.97. The molecule has 1 N–H and O–H groups in total. The van der Waals surface area contributed by atoms with E-state index in [1.54, 1.807) is 12.3 Å². The topological polar surface area (TPSA) is 32.6 Å². The van der Waals surface area contributed by atoms with Crippen molar-refractivity contribution in [1.82, 2.24) is 0 Å². The van der Waals surface area contributed by atoms with Gasteiger partial charge in [0.05, 0.1) is 5.69 Å². The molecule has 0 radical (unpaired) electrons. The van der Waals surface area contributed by atoms with Crippen molar-refractivity contribution >= 4 is 17.7 Å². The quantitative estimate of drug-likeness (QED) is 0.525. The minimum Gasteiger partial charge on any atom is -0.508 e. The van der Waals surface area contributed by atoms with Crippen LogP contribution in [0.3, 0.4) is 0 Å². The molecule has 12 heavy (non-hydrogen) atoms. The summed E-state index contributed by atoms with van der Waals surface area (Å²) >= 11 is 0. The van der Waals surface area contributed by atoms with Crippen molar-refractivity contribution in [2.75, 3.05) is 0 Å². The van der Waals surface area contributed by atoms with E-state index in [0.29, 0.717) is 5.56 Å². The Labute approximate surface area is 71.9 Å². The van der Waals surface area contributed by atoms with Gasteiger partial charge in [0.1, 0.15) is 5.76 Å². The van der Waals surface area contributed by atoms with E-state index in [4.69, 9.17) is 5.11 Å². The lowest BCUT2D eigenvalue weighted by Crippen LogP contribution is -1.80. The van der Waals surface area contributed by atoms with Gasteiger partial charge in [0.15, 0.2) is 0 Å². The summed E-state index contributed by atoms with van der Waals surface area (Å²) in [5.74, 6) is 0.0520. The van der Waals surface area contributed by atoms with Crippen molar-refractivity contribution in [3.05, 3.63) is 36.4 Å². The van der Waals surface area contributed by atoms with Crippen molar-refractivity contribution in [2.45, 2.75) is 6.92 Å². The Kier molecular flexibility index (Phi) is 2.64. The van der Waals surface area contributed by atoms with E-state index in [1.807, 2.05) is 25.1 Å². The molecule has 0 aromatic heterocycles. The van der Waals surface area contributed by atoms with Crippen LogP contribution in [0.2, 0.25) is 0 Å². The average Bonchev–Trinajstić information content (AvgIpc) is 2.05. The number of para-hydroxylation sites is 1. The number of nitrogens with zero attached hydrogens (tertiary/aromatic N) is 1. The largest absolute Gasteiger partial charge is 0.508 e. The first-order valence-electron chi connectivity index (χ1n) is 3.71. The number of benzene rings is 1. The fraction of sp³-hybridized carbons (Fsp3) is 0.100. The SMILES string of the molecule is C=C(O)c1ccccc1N=CC. The van der Waals surface area contributed by atoms with Gasteiger partial charge in [0.25, 0.3) is 0 Å². The Morgan fingerprint density at radius 3 is 2.75 bits per heavy atom. The molecule has 0 aliphatic heterocycles. The van der Waals surface area contributed by atoms with Gasteiger partial charge in [0, 0.05) is 11.8 Å². The fourth-order valence-electron chi connectivity index (χ4n) is 0.969. The van der Waals surface area contributed by atoms with Gasteiger partial charge >= 0.3 is 0 Å². The molecular weight excluding hydrogens is 150 g/mol. The van der Waals surface area contributed by atoms with Crippen LogP contribution in [0.4, 0.5) is 5.69 Å². The second-order valence-corrected chi connectivity index (χ2v) is 2.35. The number of aliphatic hydroxyl groups excluding tert-OH is 1. The van der Waals surface area contributed by atoms with Gasteiger partial charge in [-0.05, 0) is 19.1 Å². The van der Waals surface area contributed by atoms with Crippen LogP contribution in [-0.2, 0) is 0 Å². The zero-order valence-electron chi connectivity index (χ0n) is 6.99. The van der Waals surface area contributed by atoms with E-state index in [2.05, 4.69) is 11.6 Å². The lowest BCUT2D eigenvalue weighted by molar-refractivity contribution is 0.514. The molecule has 0 amide bonds. The molecule has 0 spiro atoms. The Hall–Kier alpha value is -1.57. The number of rotatable bonds is 2. The third kappa shape index (κ3) is 1.72. The Morgan fingerprint density at radius 1 is 1.50 bits per heavy atom. The molecule has 1 aromatic carbocycles. The number of hydrogen-bond donors (Lipinski definition) is 1. The molecule has 0 bridgehead atoms. The maximum atomic E-state index is 9.16. The Morgan fingerprint density at radius 2 is 2.17 bits per heavy atom. The summed E-state index contributed by atoms with van der Waals surface area (Å²) in [6, 6.07) is 7.32. The van der Waals surface area contributed by atoms with Crippen LogP contribution in [-0.4, -0.2) is 11.3 Å². The van der Waals surface area contributed by atoms with Crippen LogP contribution in [0.25, 0.3) is 5.76 Å². The highest BCUT2D eigenvalue weighted by molar-refractivity contribution is 5.72. The Bertz CT molecular complexity index is 315. The van der Waals surface area contributed by atoms with E-state index in [1.165, 1.54) is 0 Å². The molecule has 1 rings (SSSR count). The monoisotopic (exact) mass is 161 g/mol. The molecule has 62 valence electrons. The standard InChI is InChI=1S/C10H11NO/c1-3-11-10-7-5-4-6-9(10)8(2)12/h3-7,12H,2H2,1H3. The molecular formula is C10H11NO. The first-order valence-corrected chi connectivity index (χ1v) is 3.71. The third-order valence-electron chi connectivity index (χ3n) is 1.48. The van der Waals surface area contributed by atoms with Gasteiger partial charge in [-0.15, -0.1) is 0 Å². The van der Waals surface area contributed by atoms with Gasteiger partial charge in [-0.2, -0.15) is 0 Å². The molecule has 0 aliphatic rings. The van der Waals surface area contributed by atoms with E-state index < -0.39 is 0 Å². The van der Waals surface area contributed by atoms with Crippen molar-refractivity contribution < 1.29 is 5.11 Å². The van der Waals surface area contributed by atoms with Crippen LogP contribution in [0.1, 0.15) is 12.5 Å². The number of hydrogen-bond acceptors (Lipinski definition) is 2. The summed E-state index contributed by atoms with van der Waals surface area (Å²) in [5.41, 5.74) is 1.42. The first kappa shape index (κ1) is 8.53. The average molecular weight is 161 g/mol. The maximum absolute atomic E-state index is 9.16. The molecule has 0 fully saturated rings. The first-order chi connectivity index (χ1) is 5.75. The zero-order valence-corrected chi connectivity index (χ0v) is 6.99. The molecule has 0 unspecified atom stereocenters. The smallest absolute Gasteiger partial charge is 0.117 e. The second-order valence-electron chi connectivity index (χ2n) is 2.35. The Balaban J connectivity index is 3.17. The van der Waals surface area contributed by atoms with Gasteiger partial charge in [-0.25, -0.2) is 0 Å². The summed E-state index contributed by atoms with van der Waals surface area (Å²) < 4.78 is 0. The predicted molar refractivity (Wildman–Crippen MR) is 51.9 cm³/mol. The molecule has 0 saturated carbocycles. The highest BCUT2D eigenvalue weighted by Gasteiger charge is 2.00. The minimum atomic E-state index is 0.0520. The van der Waals surface area contributed by atoms with Crippen LogP contribution < -0.4 is 0 Å². The summed E-state index contributed by atoms with van der Waals surface area (Å²) in [6.45, 7) is 5.28. The summed E-state index contributed by atoms with van der Waals surface area (Å²) in [5, 5.41) is 9.16. The summed E-state index contributed by atoms with van der Waals surface area (Å²) in [4.78, 5) is 4.08. The highest BCUT2D eigenvalue weighted by Crippen LogP contribution is 2.22. The number of aliphatic imine (C=N–C) groups is 1.